The minimum Gasteiger partial charge on any atom is -0.445 e. The molecule has 0 saturated heterocycles. The van der Waals surface area contributed by atoms with Crippen LogP contribution >= 0.6 is 11.3 Å². The normalized spacial score (nSPS) is 18.5. The number of esters is 1. The average molecular weight is 379 g/mol. The molecule has 0 spiro atoms. The summed E-state index contributed by atoms with van der Waals surface area (Å²) in [6.07, 6.45) is 2.03. The van der Waals surface area contributed by atoms with Crippen LogP contribution in [0.4, 0.5) is 5.13 Å². The molecule has 0 radical (unpaired) electrons. The Morgan fingerprint density at radius 1 is 1.22 bits per heavy atom. The highest BCUT2D eigenvalue weighted by Crippen LogP contribution is 2.33. The molecule has 4 rings (SSSR count). The van der Waals surface area contributed by atoms with Crippen LogP contribution in [0.5, 0.6) is 0 Å². The zero-order valence-corrected chi connectivity index (χ0v) is 15.7. The van der Waals surface area contributed by atoms with Crippen LogP contribution in [0.1, 0.15) is 28.5 Å². The van der Waals surface area contributed by atoms with E-state index < -0.39 is 17.5 Å². The van der Waals surface area contributed by atoms with Gasteiger partial charge in [-0.05, 0) is 37.6 Å². The lowest BCUT2D eigenvalue weighted by Crippen LogP contribution is -2.48. The molecule has 136 valence electrons. The Kier molecular flexibility index (Phi) is 4.24. The van der Waals surface area contributed by atoms with E-state index in [1.165, 1.54) is 11.3 Å². The lowest BCUT2D eigenvalue weighted by Gasteiger charge is -2.32. The number of benzene rings is 1. The fourth-order valence-electron chi connectivity index (χ4n) is 3.07. The standard InChI is InChI=1S/C20H17N3O3S/c1-12-16(15-9-5-6-10-21-15)27-19(22-12)23-18(25)20(2)11-13-7-3-4-8-14(13)17(24)26-20/h3-10H,11H2,1-2H3,(H,22,23,25)/t20-/m0/s1. The molecular weight excluding hydrogens is 362 g/mol. The first-order valence-electron chi connectivity index (χ1n) is 8.48. The third kappa shape index (κ3) is 3.21. The Hall–Kier alpha value is -3.06. The summed E-state index contributed by atoms with van der Waals surface area (Å²) >= 11 is 1.34. The highest BCUT2D eigenvalue weighted by atomic mass is 32.1. The van der Waals surface area contributed by atoms with Crippen molar-refractivity contribution in [1.82, 2.24) is 9.97 Å². The number of ether oxygens (including phenoxy) is 1. The molecule has 1 aliphatic rings. The summed E-state index contributed by atoms with van der Waals surface area (Å²) in [5, 5.41) is 3.25. The first-order chi connectivity index (χ1) is 13.0. The summed E-state index contributed by atoms with van der Waals surface area (Å²) in [6, 6.07) is 12.8. The smallest absolute Gasteiger partial charge is 0.339 e. The predicted molar refractivity (Wildman–Crippen MR) is 103 cm³/mol. The summed E-state index contributed by atoms with van der Waals surface area (Å²) in [5.41, 5.74) is 1.61. The maximum absolute atomic E-state index is 12.9. The van der Waals surface area contributed by atoms with E-state index in [0.717, 1.165) is 21.8 Å². The average Bonchev–Trinajstić information content (AvgIpc) is 3.02. The largest absolute Gasteiger partial charge is 0.445 e. The van der Waals surface area contributed by atoms with Crippen molar-refractivity contribution < 1.29 is 14.3 Å². The molecule has 3 heterocycles. The van der Waals surface area contributed by atoms with E-state index in [0.29, 0.717) is 17.1 Å². The van der Waals surface area contributed by atoms with E-state index in [1.54, 1.807) is 25.3 Å². The number of anilines is 1. The lowest BCUT2D eigenvalue weighted by molar-refractivity contribution is -0.134. The number of fused-ring (bicyclic) bond motifs is 1. The van der Waals surface area contributed by atoms with Crippen LogP contribution in [-0.2, 0) is 16.0 Å². The van der Waals surface area contributed by atoms with E-state index in [4.69, 9.17) is 4.74 Å². The van der Waals surface area contributed by atoms with E-state index in [-0.39, 0.29) is 0 Å². The fourth-order valence-corrected chi connectivity index (χ4v) is 4.01. The van der Waals surface area contributed by atoms with E-state index in [1.807, 2.05) is 37.3 Å². The van der Waals surface area contributed by atoms with Crippen molar-refractivity contribution in [1.29, 1.82) is 0 Å². The molecule has 1 aromatic carbocycles. The second-order valence-corrected chi connectivity index (χ2v) is 7.56. The van der Waals surface area contributed by atoms with Gasteiger partial charge in [0.2, 0.25) is 0 Å². The van der Waals surface area contributed by atoms with Crippen LogP contribution in [0, 0.1) is 6.92 Å². The first-order valence-corrected chi connectivity index (χ1v) is 9.29. The Balaban J connectivity index is 1.57. The Bertz CT molecular complexity index is 1030. The maximum atomic E-state index is 12.9. The number of rotatable bonds is 3. The predicted octanol–water partition coefficient (Wildman–Crippen LogP) is 3.62. The van der Waals surface area contributed by atoms with Crippen molar-refractivity contribution in [2.75, 3.05) is 5.32 Å². The summed E-state index contributed by atoms with van der Waals surface area (Å²) < 4.78 is 5.47. The van der Waals surface area contributed by atoms with Crippen molar-refractivity contribution in [2.24, 2.45) is 0 Å². The van der Waals surface area contributed by atoms with Crippen LogP contribution in [-0.4, -0.2) is 27.4 Å². The Labute approximate surface area is 160 Å². The third-order valence-corrected chi connectivity index (χ3v) is 5.57. The second-order valence-electron chi connectivity index (χ2n) is 6.56. The van der Waals surface area contributed by atoms with Gasteiger partial charge < -0.3 is 4.74 Å². The van der Waals surface area contributed by atoms with Crippen molar-refractivity contribution in [2.45, 2.75) is 25.9 Å². The summed E-state index contributed by atoms with van der Waals surface area (Å²) in [7, 11) is 0. The van der Waals surface area contributed by atoms with Crippen LogP contribution < -0.4 is 5.32 Å². The van der Waals surface area contributed by atoms with Crippen molar-refractivity contribution in [3.8, 4) is 10.6 Å². The number of aryl methyl sites for hydroxylation is 1. The number of hydrogen-bond acceptors (Lipinski definition) is 6. The van der Waals surface area contributed by atoms with Gasteiger partial charge in [-0.25, -0.2) is 9.78 Å². The molecule has 0 fully saturated rings. The van der Waals surface area contributed by atoms with Gasteiger partial charge in [0.15, 0.2) is 10.7 Å². The highest BCUT2D eigenvalue weighted by Gasteiger charge is 2.43. The number of carbonyl (C=O) groups is 2. The molecule has 2 aromatic heterocycles. The van der Waals surface area contributed by atoms with Crippen LogP contribution in [0.2, 0.25) is 0 Å². The van der Waals surface area contributed by atoms with Gasteiger partial charge >= 0.3 is 5.97 Å². The molecule has 1 aliphatic heterocycles. The second kappa shape index (κ2) is 6.59. The number of hydrogen-bond donors (Lipinski definition) is 1. The minimum absolute atomic E-state index is 0.318. The van der Waals surface area contributed by atoms with Gasteiger partial charge in [-0.2, -0.15) is 0 Å². The molecule has 0 bridgehead atoms. The third-order valence-electron chi connectivity index (χ3n) is 4.48. The van der Waals surface area contributed by atoms with E-state index in [2.05, 4.69) is 15.3 Å². The number of nitrogens with zero attached hydrogens (tertiary/aromatic N) is 2. The van der Waals surface area contributed by atoms with Gasteiger partial charge in [0.1, 0.15) is 0 Å². The SMILES string of the molecule is Cc1nc(NC(=O)[C@]2(C)Cc3ccccc3C(=O)O2)sc1-c1ccccn1. The van der Waals surface area contributed by atoms with Gasteiger partial charge in [-0.15, -0.1) is 0 Å². The number of thiazole rings is 1. The molecule has 6 nitrogen and oxygen atoms in total. The van der Waals surface area contributed by atoms with Crippen LogP contribution in [0.25, 0.3) is 10.6 Å². The number of pyridine rings is 1. The topological polar surface area (TPSA) is 81.2 Å². The van der Waals surface area contributed by atoms with Crippen LogP contribution in [0.15, 0.2) is 48.7 Å². The lowest BCUT2D eigenvalue weighted by atomic mass is 9.89. The van der Waals surface area contributed by atoms with Crippen molar-refractivity contribution in [3.63, 3.8) is 0 Å². The molecular formula is C20H17N3O3S. The van der Waals surface area contributed by atoms with E-state index >= 15 is 0 Å². The van der Waals surface area contributed by atoms with E-state index in [9.17, 15) is 9.59 Å². The number of nitrogens with one attached hydrogen (secondary N) is 1. The molecule has 1 atom stereocenters. The molecule has 7 heteroatoms. The van der Waals surface area contributed by atoms with Crippen molar-refractivity contribution >= 4 is 28.3 Å². The Morgan fingerprint density at radius 2 is 2.00 bits per heavy atom. The molecule has 0 saturated carbocycles. The quantitative estimate of drug-likeness (QED) is 0.703. The molecule has 1 N–H and O–H groups in total. The fraction of sp³-hybridized carbons (Fsp3) is 0.200. The maximum Gasteiger partial charge on any atom is 0.339 e. The van der Waals surface area contributed by atoms with Crippen molar-refractivity contribution in [3.05, 3.63) is 65.5 Å². The van der Waals surface area contributed by atoms with Gasteiger partial charge in [0.25, 0.3) is 5.91 Å². The number of cyclic esters (lactones) is 1. The van der Waals surface area contributed by atoms with Crippen LogP contribution in [0.3, 0.4) is 0 Å². The molecule has 3 aromatic rings. The highest BCUT2D eigenvalue weighted by molar-refractivity contribution is 7.19. The summed E-state index contributed by atoms with van der Waals surface area (Å²) in [5.74, 6) is -0.884. The number of carbonyl (C=O) groups excluding carboxylic acids is 2. The molecule has 0 aliphatic carbocycles. The van der Waals surface area contributed by atoms with Gasteiger partial charge in [-0.1, -0.05) is 35.6 Å². The summed E-state index contributed by atoms with van der Waals surface area (Å²) in [6.45, 7) is 3.49. The van der Waals surface area contributed by atoms with Gasteiger partial charge in [-0.3, -0.25) is 15.1 Å². The molecule has 0 unspecified atom stereocenters. The zero-order chi connectivity index (χ0) is 19.0. The zero-order valence-electron chi connectivity index (χ0n) is 14.9. The molecule has 1 amide bonds. The first kappa shape index (κ1) is 17.4. The number of amides is 1. The van der Waals surface area contributed by atoms with Gasteiger partial charge in [0, 0.05) is 12.6 Å². The minimum atomic E-state index is -1.28. The number of aromatic nitrogens is 2. The summed E-state index contributed by atoms with van der Waals surface area (Å²) in [4.78, 5) is 34.8. The Morgan fingerprint density at radius 3 is 2.78 bits per heavy atom. The monoisotopic (exact) mass is 379 g/mol. The molecule has 27 heavy (non-hydrogen) atoms. The van der Waals surface area contributed by atoms with Gasteiger partial charge in [0.05, 0.1) is 21.8 Å².